The maximum Gasteiger partial charge on any atom is 0.305 e. The van der Waals surface area contributed by atoms with E-state index in [0.29, 0.717) is 30.8 Å². The summed E-state index contributed by atoms with van der Waals surface area (Å²) in [6, 6.07) is 17.2. The van der Waals surface area contributed by atoms with E-state index in [4.69, 9.17) is 17.0 Å². The molecule has 0 aromatic heterocycles. The van der Waals surface area contributed by atoms with E-state index in [-0.39, 0.29) is 35.7 Å². The molecule has 0 aliphatic rings. The highest BCUT2D eigenvalue weighted by Crippen LogP contribution is 2.16. The average molecular weight is 498 g/mol. The maximum atomic E-state index is 12.1. The zero-order valence-electron chi connectivity index (χ0n) is 20.3. The first kappa shape index (κ1) is 28.0. The number of aryl methyl sites for hydroxylation is 1. The summed E-state index contributed by atoms with van der Waals surface area (Å²) >= 11 is 5.20. The fourth-order valence-electron chi connectivity index (χ4n) is 3.36. The molecule has 3 N–H and O–H groups in total. The van der Waals surface area contributed by atoms with Crippen molar-refractivity contribution < 1.29 is 19.1 Å². The maximum absolute atomic E-state index is 12.1. The zero-order valence-corrected chi connectivity index (χ0v) is 21.1. The minimum Gasteiger partial charge on any atom is -0.466 e. The lowest BCUT2D eigenvalue weighted by Crippen LogP contribution is -2.34. The number of rotatable bonds is 14. The third-order valence-electron chi connectivity index (χ3n) is 5.16. The summed E-state index contributed by atoms with van der Waals surface area (Å²) in [7, 11) is 0. The van der Waals surface area contributed by atoms with Crippen LogP contribution in [-0.2, 0) is 25.5 Å². The van der Waals surface area contributed by atoms with Gasteiger partial charge >= 0.3 is 5.97 Å². The molecule has 2 rings (SSSR count). The van der Waals surface area contributed by atoms with Gasteiger partial charge in [-0.1, -0.05) is 56.2 Å². The molecule has 0 aliphatic heterocycles. The third-order valence-corrected chi connectivity index (χ3v) is 5.37. The second-order valence-electron chi connectivity index (χ2n) is 8.25. The van der Waals surface area contributed by atoms with Crippen molar-refractivity contribution in [3.63, 3.8) is 0 Å². The summed E-state index contributed by atoms with van der Waals surface area (Å²) in [5.41, 5.74) is 2.53. The number of amides is 2. The largest absolute Gasteiger partial charge is 0.466 e. The topological polar surface area (TPSA) is 96.5 Å². The van der Waals surface area contributed by atoms with Gasteiger partial charge < -0.3 is 20.7 Å². The predicted octanol–water partition coefficient (Wildman–Crippen LogP) is 5.36. The van der Waals surface area contributed by atoms with Crippen LogP contribution in [0.3, 0.4) is 0 Å². The Bertz CT molecular complexity index is 966. The van der Waals surface area contributed by atoms with Gasteiger partial charge in [0, 0.05) is 30.6 Å². The number of carbonyl (C=O) groups excluding carboxylic acids is 3. The molecule has 0 bridgehead atoms. The molecule has 0 spiro atoms. The molecule has 0 saturated carbocycles. The normalized spacial score (nSPS) is 10.3. The number of carbonyl (C=O) groups is 3. The summed E-state index contributed by atoms with van der Waals surface area (Å²) in [5, 5.41) is 8.58. The molecule has 188 valence electrons. The second-order valence-corrected chi connectivity index (χ2v) is 8.66. The van der Waals surface area contributed by atoms with Crippen LogP contribution < -0.4 is 16.0 Å². The number of unbranched alkanes of at least 4 members (excludes halogenated alkanes) is 2. The molecular weight excluding hydrogens is 462 g/mol. The molecule has 35 heavy (non-hydrogen) atoms. The van der Waals surface area contributed by atoms with Crippen LogP contribution in [0.15, 0.2) is 54.6 Å². The Kier molecular flexibility index (Phi) is 13.1. The standard InChI is InChI=1S/C27H35N3O4S/c1-2-3-5-16-24(31)28-22-14-8-15-23(20-22)29-27(35)30-25(32)17-9-18-26(33)34-19-10-13-21-11-6-4-7-12-21/h4,6-8,11-12,14-15,20H,2-3,5,9-10,13,16-19H2,1H3,(H,28,31)(H2,29,30,32,35). The van der Waals surface area contributed by atoms with Crippen molar-refractivity contribution in [2.45, 2.75) is 64.7 Å². The summed E-state index contributed by atoms with van der Waals surface area (Å²) in [6.45, 7) is 2.46. The van der Waals surface area contributed by atoms with Crippen LogP contribution in [0.5, 0.6) is 0 Å². The highest BCUT2D eigenvalue weighted by molar-refractivity contribution is 7.80. The monoisotopic (exact) mass is 497 g/mol. The predicted molar refractivity (Wildman–Crippen MR) is 143 cm³/mol. The minimum absolute atomic E-state index is 0.0267. The molecule has 2 amide bonds. The molecule has 0 atom stereocenters. The zero-order chi connectivity index (χ0) is 25.3. The smallest absolute Gasteiger partial charge is 0.305 e. The number of nitrogens with one attached hydrogen (secondary N) is 3. The number of hydrogen-bond donors (Lipinski definition) is 3. The van der Waals surface area contributed by atoms with Crippen molar-refractivity contribution in [1.29, 1.82) is 0 Å². The number of anilines is 2. The summed E-state index contributed by atoms with van der Waals surface area (Å²) in [5.74, 6) is -0.610. The van der Waals surface area contributed by atoms with E-state index in [1.54, 1.807) is 24.3 Å². The molecule has 0 fully saturated rings. The average Bonchev–Trinajstić information content (AvgIpc) is 2.83. The first-order valence-electron chi connectivity index (χ1n) is 12.2. The van der Waals surface area contributed by atoms with Crippen molar-refractivity contribution in [2.75, 3.05) is 17.2 Å². The van der Waals surface area contributed by atoms with E-state index in [9.17, 15) is 14.4 Å². The molecular formula is C27H35N3O4S. The highest BCUT2D eigenvalue weighted by atomic mass is 32.1. The molecule has 2 aromatic carbocycles. The molecule has 0 unspecified atom stereocenters. The van der Waals surface area contributed by atoms with Crippen molar-refractivity contribution in [1.82, 2.24) is 5.32 Å². The fourth-order valence-corrected chi connectivity index (χ4v) is 3.59. The molecule has 7 nitrogen and oxygen atoms in total. The third kappa shape index (κ3) is 12.7. The second kappa shape index (κ2) is 16.4. The van der Waals surface area contributed by atoms with Crippen LogP contribution in [0.25, 0.3) is 0 Å². The number of hydrogen-bond acceptors (Lipinski definition) is 5. The van der Waals surface area contributed by atoms with E-state index in [0.717, 1.165) is 32.1 Å². The van der Waals surface area contributed by atoms with Crippen molar-refractivity contribution >= 4 is 46.5 Å². The quantitative estimate of drug-likeness (QED) is 0.185. The summed E-state index contributed by atoms with van der Waals surface area (Å²) < 4.78 is 5.23. The van der Waals surface area contributed by atoms with Gasteiger partial charge in [0.1, 0.15) is 0 Å². The summed E-state index contributed by atoms with van der Waals surface area (Å²) in [4.78, 5) is 36.0. The lowest BCUT2D eigenvalue weighted by Gasteiger charge is -2.11. The highest BCUT2D eigenvalue weighted by Gasteiger charge is 2.09. The van der Waals surface area contributed by atoms with E-state index in [1.165, 1.54) is 5.56 Å². The molecule has 0 aliphatic carbocycles. The molecule has 2 aromatic rings. The Labute approximate surface area is 213 Å². The van der Waals surface area contributed by atoms with E-state index in [2.05, 4.69) is 22.9 Å². The van der Waals surface area contributed by atoms with E-state index < -0.39 is 0 Å². The summed E-state index contributed by atoms with van der Waals surface area (Å²) in [6.07, 6.45) is 5.78. The van der Waals surface area contributed by atoms with Crippen LogP contribution in [0.4, 0.5) is 11.4 Å². The molecule has 0 radical (unpaired) electrons. The minimum atomic E-state index is -0.305. The van der Waals surface area contributed by atoms with Crippen LogP contribution in [0, 0.1) is 0 Å². The van der Waals surface area contributed by atoms with Crippen LogP contribution >= 0.6 is 12.2 Å². The number of esters is 1. The number of ether oxygens (including phenoxy) is 1. The molecule has 8 heteroatoms. The van der Waals surface area contributed by atoms with E-state index >= 15 is 0 Å². The lowest BCUT2D eigenvalue weighted by molar-refractivity contribution is -0.143. The van der Waals surface area contributed by atoms with Crippen LogP contribution in [0.2, 0.25) is 0 Å². The Hall–Kier alpha value is -3.26. The first-order valence-corrected chi connectivity index (χ1v) is 12.6. The van der Waals surface area contributed by atoms with Crippen LogP contribution in [0.1, 0.15) is 63.9 Å². The van der Waals surface area contributed by atoms with Gasteiger partial charge in [-0.15, -0.1) is 0 Å². The number of thiocarbonyl (C=S) groups is 1. The van der Waals surface area contributed by atoms with Gasteiger partial charge in [-0.2, -0.15) is 0 Å². The Morgan fingerprint density at radius 3 is 2.26 bits per heavy atom. The van der Waals surface area contributed by atoms with Gasteiger partial charge in [-0.3, -0.25) is 14.4 Å². The van der Waals surface area contributed by atoms with Gasteiger partial charge in [-0.05, 0) is 61.7 Å². The molecule has 0 saturated heterocycles. The van der Waals surface area contributed by atoms with E-state index in [1.807, 2.05) is 30.3 Å². The van der Waals surface area contributed by atoms with Crippen molar-refractivity contribution in [3.05, 3.63) is 60.2 Å². The van der Waals surface area contributed by atoms with Gasteiger partial charge in [0.15, 0.2) is 5.11 Å². The van der Waals surface area contributed by atoms with Crippen LogP contribution in [-0.4, -0.2) is 29.5 Å². The lowest BCUT2D eigenvalue weighted by atomic mass is 10.1. The van der Waals surface area contributed by atoms with Gasteiger partial charge in [0.2, 0.25) is 11.8 Å². The Morgan fingerprint density at radius 1 is 0.800 bits per heavy atom. The van der Waals surface area contributed by atoms with Crippen molar-refractivity contribution in [2.24, 2.45) is 0 Å². The van der Waals surface area contributed by atoms with Gasteiger partial charge in [0.05, 0.1) is 6.61 Å². The Balaban J connectivity index is 1.60. The fraction of sp³-hybridized carbons (Fsp3) is 0.407. The van der Waals surface area contributed by atoms with Gasteiger partial charge in [0.25, 0.3) is 0 Å². The SMILES string of the molecule is CCCCCC(=O)Nc1cccc(NC(=S)NC(=O)CCCC(=O)OCCCc2ccccc2)c1. The van der Waals surface area contributed by atoms with Gasteiger partial charge in [-0.25, -0.2) is 0 Å². The Morgan fingerprint density at radius 2 is 1.51 bits per heavy atom. The van der Waals surface area contributed by atoms with Crippen molar-refractivity contribution in [3.8, 4) is 0 Å². The number of benzene rings is 2. The molecule has 0 heterocycles. The first-order chi connectivity index (χ1) is 17.0.